The molecule has 3 nitrogen and oxygen atoms in total. The Morgan fingerprint density at radius 2 is 1.76 bits per heavy atom. The highest BCUT2D eigenvalue weighted by molar-refractivity contribution is 6.31. The third-order valence-corrected chi connectivity index (χ3v) is 4.53. The number of nitrogens with one attached hydrogen (secondary N) is 1. The van der Waals surface area contributed by atoms with Crippen molar-refractivity contribution in [3.8, 4) is 11.5 Å². The summed E-state index contributed by atoms with van der Waals surface area (Å²) in [7, 11) is 0. The Hall–Kier alpha value is -0.930. The van der Waals surface area contributed by atoms with E-state index in [4.69, 9.17) is 21.1 Å². The average Bonchev–Trinajstić information content (AvgIpc) is 2.68. The third-order valence-electron chi connectivity index (χ3n) is 4.20. The zero-order valence-corrected chi connectivity index (χ0v) is 14.2. The second-order valence-electron chi connectivity index (χ2n) is 6.01. The molecule has 0 radical (unpaired) electrons. The van der Waals surface area contributed by atoms with Crippen molar-refractivity contribution in [3.05, 3.63) is 22.7 Å². The van der Waals surface area contributed by atoms with E-state index in [0.29, 0.717) is 25.0 Å². The van der Waals surface area contributed by atoms with E-state index in [-0.39, 0.29) is 6.04 Å². The summed E-state index contributed by atoms with van der Waals surface area (Å²) in [6, 6.07) is 4.17. The molecular weight excluding hydrogens is 286 g/mol. The summed E-state index contributed by atoms with van der Waals surface area (Å²) in [5.41, 5.74) is 1.10. The number of benzene rings is 1. The molecule has 2 rings (SSSR count). The lowest BCUT2D eigenvalue weighted by atomic mass is 9.86. The van der Waals surface area contributed by atoms with Gasteiger partial charge in [0.2, 0.25) is 0 Å². The molecule has 118 valence electrons. The Morgan fingerprint density at radius 3 is 2.33 bits per heavy atom. The highest BCUT2D eigenvalue weighted by atomic mass is 35.5. The van der Waals surface area contributed by atoms with Crippen LogP contribution in [0.1, 0.15) is 45.7 Å². The SMILES string of the molecule is CCNC(c1cc2c(cc1Cl)OCCCO2)C(C)C(C)C. The van der Waals surface area contributed by atoms with Crippen LogP contribution < -0.4 is 14.8 Å². The third kappa shape index (κ3) is 3.83. The van der Waals surface area contributed by atoms with Crippen molar-refractivity contribution in [2.45, 2.75) is 40.2 Å². The van der Waals surface area contributed by atoms with Crippen molar-refractivity contribution in [2.75, 3.05) is 19.8 Å². The van der Waals surface area contributed by atoms with Gasteiger partial charge in [-0.3, -0.25) is 0 Å². The molecule has 0 aliphatic carbocycles. The summed E-state index contributed by atoms with van der Waals surface area (Å²) >= 11 is 6.52. The molecule has 0 aromatic heterocycles. The minimum atomic E-state index is 0.222. The van der Waals surface area contributed by atoms with Crippen LogP contribution in [0.15, 0.2) is 12.1 Å². The second kappa shape index (κ2) is 7.37. The molecule has 2 unspecified atom stereocenters. The molecule has 1 N–H and O–H groups in total. The molecule has 0 fully saturated rings. The molecule has 1 aromatic carbocycles. The smallest absolute Gasteiger partial charge is 0.162 e. The summed E-state index contributed by atoms with van der Waals surface area (Å²) < 4.78 is 11.5. The van der Waals surface area contributed by atoms with Crippen LogP contribution in [0.5, 0.6) is 11.5 Å². The molecule has 21 heavy (non-hydrogen) atoms. The van der Waals surface area contributed by atoms with E-state index in [0.717, 1.165) is 35.1 Å². The maximum absolute atomic E-state index is 6.52. The van der Waals surface area contributed by atoms with Gasteiger partial charge in [-0.1, -0.05) is 39.3 Å². The van der Waals surface area contributed by atoms with Crippen LogP contribution in [0.4, 0.5) is 0 Å². The predicted octanol–water partition coefficient (Wildman–Crippen LogP) is 4.44. The molecule has 4 heteroatoms. The zero-order valence-electron chi connectivity index (χ0n) is 13.4. The number of rotatable bonds is 5. The Morgan fingerprint density at radius 1 is 1.14 bits per heavy atom. The molecule has 2 atom stereocenters. The van der Waals surface area contributed by atoms with Crippen LogP contribution in [-0.2, 0) is 0 Å². The Bertz CT molecular complexity index is 476. The van der Waals surface area contributed by atoms with Crippen LogP contribution in [0.3, 0.4) is 0 Å². The summed E-state index contributed by atoms with van der Waals surface area (Å²) in [5, 5.41) is 4.31. The normalized spacial score (nSPS) is 17.4. The molecule has 1 aliphatic rings. The molecule has 0 amide bonds. The van der Waals surface area contributed by atoms with Gasteiger partial charge >= 0.3 is 0 Å². The van der Waals surface area contributed by atoms with Gasteiger partial charge in [-0.05, 0) is 30.0 Å². The number of hydrogen-bond acceptors (Lipinski definition) is 3. The zero-order chi connectivity index (χ0) is 15.4. The first-order valence-electron chi connectivity index (χ1n) is 7.87. The maximum Gasteiger partial charge on any atom is 0.162 e. The summed E-state index contributed by atoms with van der Waals surface area (Å²) in [4.78, 5) is 0. The average molecular weight is 312 g/mol. The molecule has 0 saturated heterocycles. The standard InChI is InChI=1S/C17H26ClNO2/c1-5-19-17(12(4)11(2)3)13-9-15-16(10-14(13)18)21-8-6-7-20-15/h9-12,17,19H,5-8H2,1-4H3. The van der Waals surface area contributed by atoms with Gasteiger partial charge in [-0.2, -0.15) is 0 Å². The lowest BCUT2D eigenvalue weighted by Gasteiger charge is -2.29. The molecular formula is C17H26ClNO2. The number of halogens is 1. The fourth-order valence-corrected chi connectivity index (χ4v) is 2.89. The van der Waals surface area contributed by atoms with Gasteiger partial charge in [0.25, 0.3) is 0 Å². The fourth-order valence-electron chi connectivity index (χ4n) is 2.62. The van der Waals surface area contributed by atoms with Gasteiger partial charge in [0.15, 0.2) is 11.5 Å². The van der Waals surface area contributed by atoms with Crippen molar-refractivity contribution >= 4 is 11.6 Å². The first-order chi connectivity index (χ1) is 10.0. The van der Waals surface area contributed by atoms with Crippen molar-refractivity contribution in [1.82, 2.24) is 5.32 Å². The number of ether oxygens (including phenoxy) is 2. The van der Waals surface area contributed by atoms with E-state index < -0.39 is 0 Å². The van der Waals surface area contributed by atoms with Crippen molar-refractivity contribution in [2.24, 2.45) is 11.8 Å². The van der Waals surface area contributed by atoms with Crippen molar-refractivity contribution in [1.29, 1.82) is 0 Å². The van der Waals surface area contributed by atoms with Gasteiger partial charge in [-0.15, -0.1) is 0 Å². The number of fused-ring (bicyclic) bond motifs is 1. The van der Waals surface area contributed by atoms with Gasteiger partial charge < -0.3 is 14.8 Å². The predicted molar refractivity (Wildman–Crippen MR) is 87.5 cm³/mol. The Balaban J connectivity index is 2.38. The highest BCUT2D eigenvalue weighted by Crippen LogP contribution is 2.40. The van der Waals surface area contributed by atoms with E-state index >= 15 is 0 Å². The summed E-state index contributed by atoms with van der Waals surface area (Å²) in [5.74, 6) is 2.62. The van der Waals surface area contributed by atoms with Crippen molar-refractivity contribution in [3.63, 3.8) is 0 Å². The van der Waals surface area contributed by atoms with Crippen LogP contribution in [-0.4, -0.2) is 19.8 Å². The van der Waals surface area contributed by atoms with Crippen LogP contribution in [0.2, 0.25) is 5.02 Å². The lowest BCUT2D eigenvalue weighted by Crippen LogP contribution is -2.29. The van der Waals surface area contributed by atoms with E-state index in [1.165, 1.54) is 0 Å². The molecule has 1 heterocycles. The van der Waals surface area contributed by atoms with E-state index in [1.54, 1.807) is 0 Å². The first-order valence-corrected chi connectivity index (χ1v) is 8.24. The monoisotopic (exact) mass is 311 g/mol. The fraction of sp³-hybridized carbons (Fsp3) is 0.647. The minimum absolute atomic E-state index is 0.222. The molecule has 1 aliphatic heterocycles. The molecule has 0 bridgehead atoms. The molecule has 0 spiro atoms. The van der Waals surface area contributed by atoms with Crippen LogP contribution in [0.25, 0.3) is 0 Å². The highest BCUT2D eigenvalue weighted by Gasteiger charge is 2.25. The van der Waals surface area contributed by atoms with E-state index in [1.807, 2.05) is 6.07 Å². The van der Waals surface area contributed by atoms with Gasteiger partial charge in [0.05, 0.1) is 13.2 Å². The van der Waals surface area contributed by atoms with E-state index in [9.17, 15) is 0 Å². The van der Waals surface area contributed by atoms with E-state index in [2.05, 4.69) is 39.1 Å². The minimum Gasteiger partial charge on any atom is -0.490 e. The quantitative estimate of drug-likeness (QED) is 0.871. The number of hydrogen-bond donors (Lipinski definition) is 1. The lowest BCUT2D eigenvalue weighted by molar-refractivity contribution is 0.295. The van der Waals surface area contributed by atoms with Crippen LogP contribution in [0, 0.1) is 11.8 Å². The maximum atomic E-state index is 6.52. The van der Waals surface area contributed by atoms with Gasteiger partial charge in [0.1, 0.15) is 0 Å². The Kier molecular flexibility index (Phi) is 5.77. The molecule has 0 saturated carbocycles. The Labute approximate surface area is 133 Å². The first kappa shape index (κ1) is 16.4. The molecule has 1 aromatic rings. The topological polar surface area (TPSA) is 30.5 Å². The van der Waals surface area contributed by atoms with Gasteiger partial charge in [-0.25, -0.2) is 0 Å². The van der Waals surface area contributed by atoms with Gasteiger partial charge in [0, 0.05) is 23.6 Å². The largest absolute Gasteiger partial charge is 0.490 e. The summed E-state index contributed by atoms with van der Waals surface area (Å²) in [6.07, 6.45) is 0.903. The van der Waals surface area contributed by atoms with Crippen LogP contribution >= 0.6 is 11.6 Å². The summed E-state index contributed by atoms with van der Waals surface area (Å²) in [6.45, 7) is 11.2. The second-order valence-corrected chi connectivity index (χ2v) is 6.42. The van der Waals surface area contributed by atoms with Crippen molar-refractivity contribution < 1.29 is 9.47 Å².